The molecule has 10 heteroatoms. The highest BCUT2D eigenvalue weighted by Crippen LogP contribution is 2.30. The number of likely N-dealkylation sites (N-methyl/N-ethyl adjacent to an activating group) is 1. The third-order valence-corrected chi connectivity index (χ3v) is 6.15. The van der Waals surface area contributed by atoms with Crippen LogP contribution in [-0.2, 0) is 26.2 Å². The van der Waals surface area contributed by atoms with Gasteiger partial charge in [0.25, 0.3) is 0 Å². The summed E-state index contributed by atoms with van der Waals surface area (Å²) < 4.78 is 25.8. The molecule has 0 saturated heterocycles. The van der Waals surface area contributed by atoms with Crippen molar-refractivity contribution in [3.63, 3.8) is 0 Å². The highest BCUT2D eigenvalue weighted by atomic mass is 35.5. The largest absolute Gasteiger partial charge is 0.357 e. The molecular weight excluding hydrogens is 449 g/mol. The van der Waals surface area contributed by atoms with Crippen molar-refractivity contribution in [3.05, 3.63) is 64.1 Å². The van der Waals surface area contributed by atoms with E-state index in [0.717, 1.165) is 16.1 Å². The fourth-order valence-corrected chi connectivity index (χ4v) is 4.13. The summed E-state index contributed by atoms with van der Waals surface area (Å²) in [6, 6.07) is 12.6. The van der Waals surface area contributed by atoms with Crippen LogP contribution in [0.15, 0.2) is 48.5 Å². The average molecular weight is 472 g/mol. The average Bonchev–Trinajstić information content (AvgIpc) is 2.70. The monoisotopic (exact) mass is 471 g/mol. The van der Waals surface area contributed by atoms with Gasteiger partial charge < -0.3 is 10.2 Å². The zero-order valence-corrected chi connectivity index (χ0v) is 19.1. The van der Waals surface area contributed by atoms with Crippen molar-refractivity contribution in [1.82, 2.24) is 10.2 Å². The number of nitrogens with one attached hydrogen (secondary N) is 1. The van der Waals surface area contributed by atoms with Gasteiger partial charge in [0.2, 0.25) is 21.8 Å². The van der Waals surface area contributed by atoms with E-state index in [9.17, 15) is 18.0 Å². The fourth-order valence-electron chi connectivity index (χ4n) is 2.84. The quantitative estimate of drug-likeness (QED) is 0.640. The van der Waals surface area contributed by atoms with Gasteiger partial charge in [-0.05, 0) is 30.7 Å². The maximum absolute atomic E-state index is 13.2. The van der Waals surface area contributed by atoms with Gasteiger partial charge in [-0.2, -0.15) is 0 Å². The van der Waals surface area contributed by atoms with E-state index < -0.39 is 28.5 Å². The van der Waals surface area contributed by atoms with Gasteiger partial charge in [0.05, 0.1) is 17.0 Å². The van der Waals surface area contributed by atoms with E-state index >= 15 is 0 Å². The Kier molecular flexibility index (Phi) is 8.11. The van der Waals surface area contributed by atoms with Crippen LogP contribution in [0.25, 0.3) is 0 Å². The molecule has 0 unspecified atom stereocenters. The van der Waals surface area contributed by atoms with Crippen LogP contribution in [0, 0.1) is 0 Å². The maximum Gasteiger partial charge on any atom is 0.244 e. The summed E-state index contributed by atoms with van der Waals surface area (Å²) >= 11 is 12.2. The molecule has 30 heavy (non-hydrogen) atoms. The van der Waals surface area contributed by atoms with Crippen molar-refractivity contribution in [2.45, 2.75) is 19.5 Å². The van der Waals surface area contributed by atoms with Crippen molar-refractivity contribution >= 4 is 50.7 Å². The van der Waals surface area contributed by atoms with Crippen molar-refractivity contribution in [1.29, 1.82) is 0 Å². The molecule has 0 aliphatic carbocycles. The van der Waals surface area contributed by atoms with Crippen molar-refractivity contribution in [2.75, 3.05) is 24.2 Å². The fraction of sp³-hybridized carbons (Fsp3) is 0.300. The number of amides is 2. The van der Waals surface area contributed by atoms with Gasteiger partial charge in [0.15, 0.2) is 0 Å². The van der Waals surface area contributed by atoms with Crippen LogP contribution in [0.2, 0.25) is 10.0 Å². The summed E-state index contributed by atoms with van der Waals surface area (Å²) in [4.78, 5) is 26.7. The number of anilines is 1. The molecular formula is C20H23Cl2N3O4S. The second kappa shape index (κ2) is 10.1. The second-order valence-corrected chi connectivity index (χ2v) is 9.41. The molecule has 2 aromatic carbocycles. The molecule has 1 N–H and O–H groups in total. The summed E-state index contributed by atoms with van der Waals surface area (Å²) in [5.41, 5.74) is 0.889. The molecule has 0 radical (unpaired) electrons. The third kappa shape index (κ3) is 6.10. The number of sulfonamides is 1. The summed E-state index contributed by atoms with van der Waals surface area (Å²) in [7, 11) is -2.40. The SMILES string of the molecule is CNC(=O)[C@H](C)N(Cc1ccccc1)C(=O)CN(c1cc(Cl)ccc1Cl)S(C)(=O)=O. The zero-order valence-electron chi connectivity index (χ0n) is 16.8. The van der Waals surface area contributed by atoms with Crippen LogP contribution in [0.1, 0.15) is 12.5 Å². The Hall–Kier alpha value is -2.29. The van der Waals surface area contributed by atoms with Gasteiger partial charge in [-0.15, -0.1) is 0 Å². The summed E-state index contributed by atoms with van der Waals surface area (Å²) in [6.07, 6.45) is 0.973. The van der Waals surface area contributed by atoms with E-state index in [2.05, 4.69) is 5.32 Å². The van der Waals surface area contributed by atoms with Crippen LogP contribution in [-0.4, -0.2) is 51.0 Å². The summed E-state index contributed by atoms with van der Waals surface area (Å²) in [5, 5.41) is 2.92. The highest BCUT2D eigenvalue weighted by Gasteiger charge is 2.30. The molecule has 7 nitrogen and oxygen atoms in total. The van der Waals surface area contributed by atoms with Crippen LogP contribution in [0.5, 0.6) is 0 Å². The zero-order chi connectivity index (χ0) is 22.5. The topological polar surface area (TPSA) is 86.8 Å². The van der Waals surface area contributed by atoms with Crippen LogP contribution >= 0.6 is 23.2 Å². The molecule has 0 aliphatic heterocycles. The van der Waals surface area contributed by atoms with Gasteiger partial charge in [-0.3, -0.25) is 13.9 Å². The molecule has 0 aliphatic rings. The highest BCUT2D eigenvalue weighted by molar-refractivity contribution is 7.92. The van der Waals surface area contributed by atoms with Crippen LogP contribution < -0.4 is 9.62 Å². The molecule has 0 aromatic heterocycles. The van der Waals surface area contributed by atoms with Crippen LogP contribution in [0.4, 0.5) is 5.69 Å². The number of hydrogen-bond acceptors (Lipinski definition) is 4. The Morgan fingerprint density at radius 3 is 2.30 bits per heavy atom. The minimum Gasteiger partial charge on any atom is -0.357 e. The molecule has 0 bridgehead atoms. The van der Waals surface area contributed by atoms with Gasteiger partial charge in [-0.25, -0.2) is 8.42 Å². The lowest BCUT2D eigenvalue weighted by Crippen LogP contribution is -2.50. The molecule has 0 saturated carbocycles. The lowest BCUT2D eigenvalue weighted by atomic mass is 10.1. The van der Waals surface area contributed by atoms with Crippen LogP contribution in [0.3, 0.4) is 0 Å². The first-order chi connectivity index (χ1) is 14.0. The van der Waals surface area contributed by atoms with Gasteiger partial charge in [-0.1, -0.05) is 53.5 Å². The maximum atomic E-state index is 13.2. The number of halogens is 2. The van der Waals surface area contributed by atoms with Gasteiger partial charge >= 0.3 is 0 Å². The van der Waals surface area contributed by atoms with Crippen molar-refractivity contribution in [3.8, 4) is 0 Å². The van der Waals surface area contributed by atoms with E-state index in [-0.39, 0.29) is 28.2 Å². The second-order valence-electron chi connectivity index (χ2n) is 6.66. The Bertz CT molecular complexity index is 1020. The van der Waals surface area contributed by atoms with Gasteiger partial charge in [0.1, 0.15) is 12.6 Å². The number of carbonyl (C=O) groups excluding carboxylic acids is 2. The van der Waals surface area contributed by atoms with E-state index in [1.165, 1.54) is 30.1 Å². The number of carbonyl (C=O) groups is 2. The van der Waals surface area contributed by atoms with E-state index in [1.54, 1.807) is 6.92 Å². The number of hydrogen-bond donors (Lipinski definition) is 1. The summed E-state index contributed by atoms with van der Waals surface area (Å²) in [5.74, 6) is -0.928. The lowest BCUT2D eigenvalue weighted by Gasteiger charge is -2.31. The lowest BCUT2D eigenvalue weighted by molar-refractivity contribution is -0.139. The Morgan fingerprint density at radius 1 is 1.10 bits per heavy atom. The molecule has 1 atom stereocenters. The van der Waals surface area contributed by atoms with Gasteiger partial charge in [0, 0.05) is 18.6 Å². The predicted octanol–water partition coefficient (Wildman–Crippen LogP) is 2.92. The summed E-state index contributed by atoms with van der Waals surface area (Å²) in [6.45, 7) is 1.18. The van der Waals surface area contributed by atoms with Crippen molar-refractivity contribution < 1.29 is 18.0 Å². The first kappa shape index (κ1) is 24.0. The Balaban J connectivity index is 2.41. The Labute approximate surface area is 186 Å². The molecule has 162 valence electrons. The molecule has 2 rings (SSSR count). The molecule has 0 spiro atoms. The molecule has 2 aromatic rings. The smallest absolute Gasteiger partial charge is 0.244 e. The minimum absolute atomic E-state index is 0.0901. The predicted molar refractivity (Wildman–Crippen MR) is 119 cm³/mol. The number of nitrogens with zero attached hydrogens (tertiary/aromatic N) is 2. The minimum atomic E-state index is -3.87. The van der Waals surface area contributed by atoms with Crippen molar-refractivity contribution in [2.24, 2.45) is 0 Å². The molecule has 0 fully saturated rings. The molecule has 0 heterocycles. The number of rotatable bonds is 8. The standard InChI is InChI=1S/C20H23Cl2N3O4S/c1-14(20(27)23-2)24(12-15-7-5-4-6-8-15)19(26)13-25(30(3,28)29)18-11-16(21)9-10-17(18)22/h4-11,14H,12-13H2,1-3H3,(H,23,27)/t14-/m0/s1. The first-order valence-corrected chi connectivity index (χ1v) is 11.6. The van der Waals surface area contributed by atoms with E-state index in [4.69, 9.17) is 23.2 Å². The first-order valence-electron chi connectivity index (χ1n) is 9.02. The Morgan fingerprint density at radius 2 is 1.73 bits per heavy atom. The third-order valence-electron chi connectivity index (χ3n) is 4.47. The van der Waals surface area contributed by atoms with E-state index in [1.807, 2.05) is 30.3 Å². The number of benzene rings is 2. The normalized spacial score (nSPS) is 12.2. The molecule has 2 amide bonds. The van der Waals surface area contributed by atoms with E-state index in [0.29, 0.717) is 0 Å².